The van der Waals surface area contributed by atoms with E-state index in [-0.39, 0.29) is 28.9 Å². The third kappa shape index (κ3) is 4.72. The number of amides is 1. The molecule has 38 heavy (non-hydrogen) atoms. The molecule has 196 valence electrons. The van der Waals surface area contributed by atoms with Crippen molar-refractivity contribution in [3.05, 3.63) is 70.8 Å². The Morgan fingerprint density at radius 3 is 2.58 bits per heavy atom. The maximum atomic E-state index is 14.8. The highest BCUT2D eigenvalue weighted by atomic mass is 35.5. The number of carbonyl (C=O) groups is 1. The van der Waals surface area contributed by atoms with Gasteiger partial charge >= 0.3 is 0 Å². The third-order valence-corrected chi connectivity index (χ3v) is 6.61. The summed E-state index contributed by atoms with van der Waals surface area (Å²) in [4.78, 5) is 30.7. The van der Waals surface area contributed by atoms with Crippen LogP contribution in [0.3, 0.4) is 0 Å². The summed E-state index contributed by atoms with van der Waals surface area (Å²) in [5.41, 5.74) is 0.789. The smallest absolute Gasteiger partial charge is 0.264 e. The highest BCUT2D eigenvalue weighted by molar-refractivity contribution is 6.31. The highest BCUT2D eigenvalue weighted by Gasteiger charge is 2.26. The van der Waals surface area contributed by atoms with Crippen molar-refractivity contribution >= 4 is 23.5 Å². The number of halogens is 4. The van der Waals surface area contributed by atoms with Gasteiger partial charge in [-0.15, -0.1) is 0 Å². The van der Waals surface area contributed by atoms with Crippen LogP contribution < -0.4 is 4.90 Å². The van der Waals surface area contributed by atoms with Crippen LogP contribution in [0.1, 0.15) is 42.1 Å². The summed E-state index contributed by atoms with van der Waals surface area (Å²) in [6, 6.07) is 1.47. The van der Waals surface area contributed by atoms with Gasteiger partial charge in [-0.3, -0.25) is 19.4 Å². The zero-order chi connectivity index (χ0) is 27.0. The van der Waals surface area contributed by atoms with Crippen LogP contribution in [-0.4, -0.2) is 53.9 Å². The fourth-order valence-electron chi connectivity index (χ4n) is 4.38. The first-order chi connectivity index (χ1) is 18.3. The highest BCUT2D eigenvalue weighted by Crippen LogP contribution is 2.36. The standard InChI is InChI=1S/C25H21ClF3N7O2/c1-13-16(8-31-25(33-13)35-6-2-3-21(35)38)20(12-37)36-11-14(7-32-36)18-9-30-10-19(34-18)22-15(24(28)29)4-5-17(26)23(22)27/h4-5,7-11,20,24,37H,2-3,6,12H2,1H3. The number of rotatable bonds is 7. The minimum atomic E-state index is -2.95. The van der Waals surface area contributed by atoms with Gasteiger partial charge in [0.25, 0.3) is 6.43 Å². The minimum Gasteiger partial charge on any atom is -0.394 e. The summed E-state index contributed by atoms with van der Waals surface area (Å²) in [7, 11) is 0. The van der Waals surface area contributed by atoms with Crippen molar-refractivity contribution in [3.63, 3.8) is 0 Å². The Balaban J connectivity index is 1.47. The summed E-state index contributed by atoms with van der Waals surface area (Å²) in [6.45, 7) is 1.98. The molecule has 1 fully saturated rings. The van der Waals surface area contributed by atoms with E-state index in [2.05, 4.69) is 25.0 Å². The van der Waals surface area contributed by atoms with E-state index in [1.807, 2.05) is 0 Å². The number of hydrogen-bond donors (Lipinski definition) is 1. The first kappa shape index (κ1) is 25.7. The van der Waals surface area contributed by atoms with E-state index in [1.165, 1.54) is 28.2 Å². The molecule has 0 spiro atoms. The van der Waals surface area contributed by atoms with Gasteiger partial charge in [0, 0.05) is 53.3 Å². The second-order valence-corrected chi connectivity index (χ2v) is 9.09. The van der Waals surface area contributed by atoms with Crippen LogP contribution >= 0.6 is 11.6 Å². The Morgan fingerprint density at radius 2 is 1.89 bits per heavy atom. The van der Waals surface area contributed by atoms with E-state index in [0.717, 1.165) is 18.6 Å². The van der Waals surface area contributed by atoms with E-state index in [9.17, 15) is 23.1 Å². The Hall–Kier alpha value is -3.90. The van der Waals surface area contributed by atoms with Crippen molar-refractivity contribution in [2.45, 2.75) is 32.2 Å². The van der Waals surface area contributed by atoms with Crippen molar-refractivity contribution in [3.8, 4) is 22.5 Å². The lowest BCUT2D eigenvalue weighted by Crippen LogP contribution is -2.27. The predicted molar refractivity (Wildman–Crippen MR) is 132 cm³/mol. The Morgan fingerprint density at radius 1 is 1.11 bits per heavy atom. The molecule has 1 atom stereocenters. The monoisotopic (exact) mass is 543 g/mol. The molecule has 1 aliphatic heterocycles. The SMILES string of the molecule is Cc1nc(N2CCCC2=O)ncc1C(CO)n1cc(-c2cncc(-c3c(C(F)F)ccc(Cl)c3F)n2)cn1. The molecule has 1 amide bonds. The maximum absolute atomic E-state index is 14.8. The number of carbonyl (C=O) groups excluding carboxylic acids is 1. The van der Waals surface area contributed by atoms with Gasteiger partial charge in [0.2, 0.25) is 11.9 Å². The van der Waals surface area contributed by atoms with Gasteiger partial charge in [-0.05, 0) is 19.4 Å². The Bertz CT molecular complexity index is 1510. The lowest BCUT2D eigenvalue weighted by atomic mass is 10.0. The second-order valence-electron chi connectivity index (χ2n) is 8.68. The molecule has 0 radical (unpaired) electrons. The number of aryl methyl sites for hydroxylation is 1. The molecular formula is C25H21ClF3N7O2. The number of benzene rings is 1. The van der Waals surface area contributed by atoms with E-state index >= 15 is 0 Å². The van der Waals surface area contributed by atoms with Crippen LogP contribution in [0.5, 0.6) is 0 Å². The number of aromatic nitrogens is 6. The summed E-state index contributed by atoms with van der Waals surface area (Å²) >= 11 is 5.84. The first-order valence-corrected chi connectivity index (χ1v) is 12.0. The second kappa shape index (κ2) is 10.5. The molecule has 0 saturated carbocycles. The number of anilines is 1. The molecule has 1 unspecified atom stereocenters. The van der Waals surface area contributed by atoms with Crippen molar-refractivity contribution in [2.24, 2.45) is 0 Å². The zero-order valence-corrected chi connectivity index (χ0v) is 20.8. The summed E-state index contributed by atoms with van der Waals surface area (Å²) in [6.07, 6.45) is 5.43. The summed E-state index contributed by atoms with van der Waals surface area (Å²) < 4.78 is 43.4. The van der Waals surface area contributed by atoms with E-state index in [1.54, 1.807) is 19.3 Å². The zero-order valence-electron chi connectivity index (χ0n) is 20.0. The topological polar surface area (TPSA) is 110 Å². The molecule has 0 aliphatic carbocycles. The van der Waals surface area contributed by atoms with Crippen LogP contribution in [0.15, 0.2) is 43.1 Å². The van der Waals surface area contributed by atoms with Crippen LogP contribution in [0.25, 0.3) is 22.5 Å². The van der Waals surface area contributed by atoms with Gasteiger partial charge in [-0.1, -0.05) is 17.7 Å². The average molecular weight is 544 g/mol. The number of aliphatic hydroxyl groups is 1. The number of hydrogen-bond acceptors (Lipinski definition) is 7. The molecule has 9 nitrogen and oxygen atoms in total. The number of nitrogens with zero attached hydrogens (tertiary/aromatic N) is 7. The molecule has 1 aliphatic rings. The number of alkyl halides is 2. The fraction of sp³-hybridized carbons (Fsp3) is 0.280. The molecule has 4 aromatic rings. The molecule has 1 saturated heterocycles. The van der Waals surface area contributed by atoms with Crippen molar-refractivity contribution in [1.29, 1.82) is 0 Å². The minimum absolute atomic E-state index is 0.0331. The molecule has 3 aromatic heterocycles. The van der Waals surface area contributed by atoms with Gasteiger partial charge < -0.3 is 5.11 Å². The van der Waals surface area contributed by atoms with Crippen molar-refractivity contribution in [2.75, 3.05) is 18.1 Å². The van der Waals surface area contributed by atoms with Crippen LogP contribution in [0.4, 0.5) is 19.1 Å². The fourth-order valence-corrected chi connectivity index (χ4v) is 4.54. The molecular weight excluding hydrogens is 523 g/mol. The van der Waals surface area contributed by atoms with Gasteiger partial charge in [-0.2, -0.15) is 5.10 Å². The number of aliphatic hydroxyl groups excluding tert-OH is 1. The van der Waals surface area contributed by atoms with Crippen molar-refractivity contribution < 1.29 is 23.1 Å². The van der Waals surface area contributed by atoms with Crippen molar-refractivity contribution in [1.82, 2.24) is 29.7 Å². The van der Waals surface area contributed by atoms with Crippen LogP contribution in [0.2, 0.25) is 5.02 Å². The van der Waals surface area contributed by atoms with Gasteiger partial charge in [-0.25, -0.2) is 28.1 Å². The molecule has 5 rings (SSSR count). The van der Waals surface area contributed by atoms with Crippen LogP contribution in [-0.2, 0) is 4.79 Å². The molecule has 1 aromatic carbocycles. The Kier molecular flexibility index (Phi) is 7.09. The molecule has 13 heteroatoms. The summed E-state index contributed by atoms with van der Waals surface area (Å²) in [5, 5.41) is 14.2. The predicted octanol–water partition coefficient (Wildman–Crippen LogP) is 4.54. The van der Waals surface area contributed by atoms with Crippen LogP contribution in [0, 0.1) is 12.7 Å². The van der Waals surface area contributed by atoms with E-state index < -0.39 is 29.4 Å². The maximum Gasteiger partial charge on any atom is 0.264 e. The van der Waals surface area contributed by atoms with E-state index in [4.69, 9.17) is 11.6 Å². The molecule has 4 heterocycles. The first-order valence-electron chi connectivity index (χ1n) is 11.7. The van der Waals surface area contributed by atoms with Gasteiger partial charge in [0.1, 0.15) is 6.04 Å². The summed E-state index contributed by atoms with van der Waals surface area (Å²) in [5.74, 6) is -0.731. The third-order valence-electron chi connectivity index (χ3n) is 6.32. The largest absolute Gasteiger partial charge is 0.394 e. The average Bonchev–Trinajstić information content (AvgIpc) is 3.56. The molecule has 1 N–H and O–H groups in total. The lowest BCUT2D eigenvalue weighted by Gasteiger charge is -2.19. The molecule has 0 bridgehead atoms. The normalized spacial score (nSPS) is 14.5. The quantitative estimate of drug-likeness (QED) is 0.364. The lowest BCUT2D eigenvalue weighted by molar-refractivity contribution is -0.117. The Labute approximate surface area is 220 Å². The van der Waals surface area contributed by atoms with Gasteiger partial charge in [0.15, 0.2) is 5.82 Å². The van der Waals surface area contributed by atoms with E-state index in [0.29, 0.717) is 35.7 Å². The van der Waals surface area contributed by atoms with Gasteiger partial charge in [0.05, 0.1) is 41.6 Å².